The Morgan fingerprint density at radius 2 is 1.71 bits per heavy atom. The van der Waals surface area contributed by atoms with Gasteiger partial charge in [-0.25, -0.2) is 0 Å². The average Bonchev–Trinajstić information content (AvgIpc) is 3.00. The van der Waals surface area contributed by atoms with E-state index in [1.807, 2.05) is 32.9 Å². The average molecular weight is 508 g/mol. The lowest BCUT2D eigenvalue weighted by Gasteiger charge is -2.32. The highest BCUT2D eigenvalue weighted by Gasteiger charge is 2.47. The van der Waals surface area contributed by atoms with Crippen LogP contribution in [-0.2, 0) is 25.7 Å². The minimum atomic E-state index is -0.796. The molecule has 1 aliphatic heterocycles. The van der Waals surface area contributed by atoms with E-state index in [1.165, 1.54) is 9.80 Å². The van der Waals surface area contributed by atoms with Gasteiger partial charge in [-0.05, 0) is 58.2 Å². The first-order valence-electron chi connectivity index (χ1n) is 11.4. The maximum absolute atomic E-state index is 13.3. The highest BCUT2D eigenvalue weighted by molar-refractivity contribution is 6.35. The van der Waals surface area contributed by atoms with Gasteiger partial charge in [0.2, 0.25) is 23.6 Å². The quantitative estimate of drug-likeness (QED) is 0.446. The first kappa shape index (κ1) is 26.2. The van der Waals surface area contributed by atoms with Crippen LogP contribution in [0.15, 0.2) is 30.4 Å². The third-order valence-corrected chi connectivity index (χ3v) is 6.76. The van der Waals surface area contributed by atoms with Crippen LogP contribution in [0.3, 0.4) is 0 Å². The van der Waals surface area contributed by atoms with Crippen LogP contribution in [0.5, 0.6) is 0 Å². The Morgan fingerprint density at radius 1 is 1.12 bits per heavy atom. The number of imide groups is 1. The molecule has 0 spiro atoms. The van der Waals surface area contributed by atoms with Crippen molar-refractivity contribution in [3.63, 3.8) is 0 Å². The molecule has 1 N–H and O–H groups in total. The third-order valence-electron chi connectivity index (χ3n) is 6.17. The van der Waals surface area contributed by atoms with Gasteiger partial charge in [-0.2, -0.15) is 0 Å². The van der Waals surface area contributed by atoms with Crippen molar-refractivity contribution in [3.05, 3.63) is 46.0 Å². The fourth-order valence-electron chi connectivity index (χ4n) is 4.33. The number of rotatable bonds is 7. The molecule has 3 atom stereocenters. The van der Waals surface area contributed by atoms with Crippen LogP contribution in [0.1, 0.15) is 52.5 Å². The van der Waals surface area contributed by atoms with E-state index in [9.17, 15) is 19.2 Å². The van der Waals surface area contributed by atoms with Crippen LogP contribution in [0.4, 0.5) is 0 Å². The Hall–Kier alpha value is -2.38. The molecule has 4 amide bonds. The summed E-state index contributed by atoms with van der Waals surface area (Å²) in [6.07, 6.45) is 4.86. The van der Waals surface area contributed by atoms with Crippen molar-refractivity contribution in [2.24, 2.45) is 11.8 Å². The van der Waals surface area contributed by atoms with E-state index in [1.54, 1.807) is 25.1 Å². The highest BCUT2D eigenvalue weighted by atomic mass is 35.5. The van der Waals surface area contributed by atoms with E-state index in [0.29, 0.717) is 28.5 Å². The van der Waals surface area contributed by atoms with E-state index in [2.05, 4.69) is 5.32 Å². The zero-order valence-corrected chi connectivity index (χ0v) is 21.4. The number of amides is 4. The van der Waals surface area contributed by atoms with Crippen molar-refractivity contribution in [1.29, 1.82) is 0 Å². The molecule has 2 aliphatic rings. The molecule has 1 aromatic carbocycles. The predicted octanol–water partition coefficient (Wildman–Crippen LogP) is 3.97. The summed E-state index contributed by atoms with van der Waals surface area (Å²) < 4.78 is 0. The molecule has 1 aromatic rings. The first-order valence-corrected chi connectivity index (χ1v) is 12.2. The molecule has 34 heavy (non-hydrogen) atoms. The smallest absolute Gasteiger partial charge is 0.242 e. The monoisotopic (exact) mass is 507 g/mol. The molecule has 0 aromatic heterocycles. The SMILES string of the molecule is CC(C(=O)NC(C)(C)C)N(Cc1ccc(Cl)cc1Cl)C(=O)CCN1C(=O)[C@H]2CC=CC[C@H]2C1=O. The number of nitrogens with one attached hydrogen (secondary N) is 1. The summed E-state index contributed by atoms with van der Waals surface area (Å²) in [5.74, 6) is -1.79. The van der Waals surface area contributed by atoms with Gasteiger partial charge in [-0.15, -0.1) is 0 Å². The van der Waals surface area contributed by atoms with Crippen LogP contribution in [0, 0.1) is 11.8 Å². The van der Waals surface area contributed by atoms with Gasteiger partial charge < -0.3 is 10.2 Å². The highest BCUT2D eigenvalue weighted by Crippen LogP contribution is 2.35. The molecule has 184 valence electrons. The molecule has 7 nitrogen and oxygen atoms in total. The number of hydrogen-bond donors (Lipinski definition) is 1. The minimum Gasteiger partial charge on any atom is -0.350 e. The maximum atomic E-state index is 13.3. The van der Waals surface area contributed by atoms with Crippen LogP contribution in [0.25, 0.3) is 0 Å². The van der Waals surface area contributed by atoms with Gasteiger partial charge in [0.05, 0.1) is 11.8 Å². The molecule has 1 heterocycles. The van der Waals surface area contributed by atoms with Crippen molar-refractivity contribution < 1.29 is 19.2 Å². The van der Waals surface area contributed by atoms with E-state index in [0.717, 1.165) is 0 Å². The largest absolute Gasteiger partial charge is 0.350 e. The van der Waals surface area contributed by atoms with Crippen molar-refractivity contribution in [1.82, 2.24) is 15.1 Å². The molecule has 3 rings (SSSR count). The maximum Gasteiger partial charge on any atom is 0.242 e. The topological polar surface area (TPSA) is 86.8 Å². The molecule has 0 bridgehead atoms. The van der Waals surface area contributed by atoms with Gasteiger partial charge in [0.15, 0.2) is 0 Å². The van der Waals surface area contributed by atoms with Crippen molar-refractivity contribution in [2.45, 2.75) is 65.1 Å². The lowest BCUT2D eigenvalue weighted by molar-refractivity contribution is -0.144. The van der Waals surface area contributed by atoms with Gasteiger partial charge >= 0.3 is 0 Å². The fraction of sp³-hybridized carbons (Fsp3) is 0.520. The van der Waals surface area contributed by atoms with Crippen LogP contribution >= 0.6 is 23.2 Å². The molecule has 9 heteroatoms. The molecule has 1 saturated heterocycles. The number of halogens is 2. The van der Waals surface area contributed by atoms with E-state index in [-0.39, 0.29) is 55.0 Å². The molecule has 1 fully saturated rings. The number of nitrogens with zero attached hydrogens (tertiary/aromatic N) is 2. The third kappa shape index (κ3) is 5.99. The summed E-state index contributed by atoms with van der Waals surface area (Å²) in [4.78, 5) is 54.4. The Balaban J connectivity index is 1.76. The number of likely N-dealkylation sites (tertiary alicyclic amines) is 1. The van der Waals surface area contributed by atoms with E-state index < -0.39 is 11.6 Å². The molecule has 1 aliphatic carbocycles. The number of hydrogen-bond acceptors (Lipinski definition) is 4. The normalized spacial score (nSPS) is 20.8. The predicted molar refractivity (Wildman–Crippen MR) is 131 cm³/mol. The Kier molecular flexibility index (Phi) is 8.09. The standard InChI is InChI=1S/C25H31Cl2N3O4/c1-15(22(32)28-25(2,3)4)30(14-16-9-10-17(26)13-20(16)27)21(31)11-12-29-23(33)18-7-5-6-8-19(18)24(29)34/h5-6,9-10,13,15,18-19H,7-8,11-12,14H2,1-4H3,(H,28,32)/t15?,18-,19+. The summed E-state index contributed by atoms with van der Waals surface area (Å²) >= 11 is 12.3. The Morgan fingerprint density at radius 3 is 2.24 bits per heavy atom. The lowest BCUT2D eigenvalue weighted by atomic mass is 9.85. The van der Waals surface area contributed by atoms with Crippen molar-refractivity contribution >= 4 is 46.8 Å². The molecular formula is C25H31Cl2N3O4. The number of allylic oxidation sites excluding steroid dienone is 2. The summed E-state index contributed by atoms with van der Waals surface area (Å²) in [6, 6.07) is 4.17. The number of benzene rings is 1. The minimum absolute atomic E-state index is 0.0119. The number of fused-ring (bicyclic) bond motifs is 1. The van der Waals surface area contributed by atoms with Gasteiger partial charge in [0.25, 0.3) is 0 Å². The summed E-state index contributed by atoms with van der Waals surface area (Å²) in [7, 11) is 0. The molecule has 0 radical (unpaired) electrons. The summed E-state index contributed by atoms with van der Waals surface area (Å²) in [6.45, 7) is 7.30. The zero-order chi connectivity index (χ0) is 25.2. The van der Waals surface area contributed by atoms with Crippen molar-refractivity contribution in [3.8, 4) is 0 Å². The van der Waals surface area contributed by atoms with Gasteiger partial charge in [-0.3, -0.25) is 24.1 Å². The van der Waals surface area contributed by atoms with E-state index in [4.69, 9.17) is 23.2 Å². The second kappa shape index (κ2) is 10.5. The molecular weight excluding hydrogens is 477 g/mol. The second-order valence-electron chi connectivity index (χ2n) is 9.91. The first-order chi connectivity index (χ1) is 15.9. The Labute approximate surface area is 210 Å². The molecule has 0 saturated carbocycles. The zero-order valence-electron chi connectivity index (χ0n) is 19.9. The van der Waals surface area contributed by atoms with Crippen LogP contribution in [0.2, 0.25) is 10.0 Å². The fourth-order valence-corrected chi connectivity index (χ4v) is 4.80. The molecule has 1 unspecified atom stereocenters. The van der Waals surface area contributed by atoms with Crippen LogP contribution < -0.4 is 5.32 Å². The summed E-state index contributed by atoms with van der Waals surface area (Å²) in [5.41, 5.74) is 0.164. The second-order valence-corrected chi connectivity index (χ2v) is 10.8. The van der Waals surface area contributed by atoms with Crippen molar-refractivity contribution in [2.75, 3.05) is 6.54 Å². The lowest BCUT2D eigenvalue weighted by Crippen LogP contribution is -2.52. The van der Waals surface area contributed by atoms with Gasteiger partial charge in [0, 0.05) is 35.1 Å². The number of carbonyl (C=O) groups excluding carboxylic acids is 4. The van der Waals surface area contributed by atoms with Gasteiger partial charge in [-0.1, -0.05) is 41.4 Å². The van der Waals surface area contributed by atoms with Crippen LogP contribution in [-0.4, -0.2) is 51.6 Å². The number of carbonyl (C=O) groups is 4. The van der Waals surface area contributed by atoms with E-state index >= 15 is 0 Å². The summed E-state index contributed by atoms with van der Waals surface area (Å²) in [5, 5.41) is 3.75. The van der Waals surface area contributed by atoms with Gasteiger partial charge in [0.1, 0.15) is 6.04 Å². The Bertz CT molecular complexity index is 992.